The zero-order valence-electron chi connectivity index (χ0n) is 9.12. The predicted molar refractivity (Wildman–Crippen MR) is 55.5 cm³/mol. The van der Waals surface area contributed by atoms with Crippen LogP contribution < -0.4 is 5.32 Å². The number of nitrogens with one attached hydrogen (secondary N) is 1. The third kappa shape index (κ3) is 1.67. The van der Waals surface area contributed by atoms with Crippen molar-refractivity contribution in [2.75, 3.05) is 6.54 Å². The second-order valence-corrected chi connectivity index (χ2v) is 5.02. The van der Waals surface area contributed by atoms with Crippen molar-refractivity contribution >= 4 is 0 Å². The minimum absolute atomic E-state index is 0.194. The summed E-state index contributed by atoms with van der Waals surface area (Å²) >= 11 is 0. The molecule has 1 saturated heterocycles. The number of hydrogen-bond donors (Lipinski definition) is 1. The van der Waals surface area contributed by atoms with Crippen LogP contribution in [-0.4, -0.2) is 16.7 Å². The van der Waals surface area contributed by atoms with Gasteiger partial charge in [0.25, 0.3) is 0 Å². The highest BCUT2D eigenvalue weighted by Crippen LogP contribution is 2.46. The molecule has 1 aliphatic heterocycles. The van der Waals surface area contributed by atoms with E-state index in [4.69, 9.17) is 4.52 Å². The molecule has 0 radical (unpaired) electrons. The zero-order valence-corrected chi connectivity index (χ0v) is 9.12. The van der Waals surface area contributed by atoms with Gasteiger partial charge in [0.05, 0.1) is 6.04 Å². The van der Waals surface area contributed by atoms with E-state index in [2.05, 4.69) is 22.4 Å². The van der Waals surface area contributed by atoms with Gasteiger partial charge in [-0.2, -0.15) is 4.98 Å². The molecular formula is C11H17N3O. The SMILES string of the molecule is CC1(c2nc(C3CCCCN3)no2)CC1. The van der Waals surface area contributed by atoms with Gasteiger partial charge in [-0.25, -0.2) is 0 Å². The summed E-state index contributed by atoms with van der Waals surface area (Å²) in [6, 6.07) is 0.318. The maximum atomic E-state index is 5.34. The molecule has 1 saturated carbocycles. The van der Waals surface area contributed by atoms with E-state index in [0.29, 0.717) is 6.04 Å². The lowest BCUT2D eigenvalue weighted by molar-refractivity contribution is 0.334. The first-order valence-corrected chi connectivity index (χ1v) is 5.85. The van der Waals surface area contributed by atoms with Crippen molar-refractivity contribution in [1.29, 1.82) is 0 Å². The van der Waals surface area contributed by atoms with Crippen LogP contribution in [0.1, 0.15) is 56.8 Å². The lowest BCUT2D eigenvalue weighted by Crippen LogP contribution is -2.27. The minimum Gasteiger partial charge on any atom is -0.339 e. The van der Waals surface area contributed by atoms with Crippen LogP contribution in [0.4, 0.5) is 0 Å². The second-order valence-electron chi connectivity index (χ2n) is 5.02. The summed E-state index contributed by atoms with van der Waals surface area (Å²) < 4.78 is 5.34. The summed E-state index contributed by atoms with van der Waals surface area (Å²) in [6.45, 7) is 3.27. The predicted octanol–water partition coefficient (Wildman–Crippen LogP) is 1.94. The monoisotopic (exact) mass is 207 g/mol. The van der Waals surface area contributed by atoms with Crippen LogP contribution in [0.25, 0.3) is 0 Å². The van der Waals surface area contributed by atoms with Crippen LogP contribution in [-0.2, 0) is 5.41 Å². The third-order valence-electron chi connectivity index (χ3n) is 3.58. The fraction of sp³-hybridized carbons (Fsp3) is 0.818. The van der Waals surface area contributed by atoms with Crippen LogP contribution >= 0.6 is 0 Å². The summed E-state index contributed by atoms with van der Waals surface area (Å²) in [7, 11) is 0. The molecule has 0 amide bonds. The molecule has 2 aliphatic rings. The fourth-order valence-electron chi connectivity index (χ4n) is 2.10. The summed E-state index contributed by atoms with van der Waals surface area (Å²) in [5.41, 5.74) is 0.194. The molecule has 1 aromatic rings. The van der Waals surface area contributed by atoms with Gasteiger partial charge >= 0.3 is 0 Å². The van der Waals surface area contributed by atoms with Crippen LogP contribution in [0.5, 0.6) is 0 Å². The Morgan fingerprint density at radius 3 is 2.93 bits per heavy atom. The summed E-state index contributed by atoms with van der Waals surface area (Å²) in [4.78, 5) is 4.53. The minimum atomic E-state index is 0.194. The highest BCUT2D eigenvalue weighted by atomic mass is 16.5. The van der Waals surface area contributed by atoms with E-state index in [0.717, 1.165) is 24.7 Å². The number of aromatic nitrogens is 2. The second kappa shape index (κ2) is 3.30. The highest BCUT2D eigenvalue weighted by molar-refractivity contribution is 5.13. The third-order valence-corrected chi connectivity index (χ3v) is 3.58. The van der Waals surface area contributed by atoms with Gasteiger partial charge in [0.1, 0.15) is 0 Å². The molecule has 4 heteroatoms. The van der Waals surface area contributed by atoms with Gasteiger partial charge in [0.15, 0.2) is 5.82 Å². The van der Waals surface area contributed by atoms with Gasteiger partial charge in [0.2, 0.25) is 5.89 Å². The average Bonchev–Trinajstić information content (AvgIpc) is 2.85. The molecule has 1 unspecified atom stereocenters. The van der Waals surface area contributed by atoms with E-state index < -0.39 is 0 Å². The van der Waals surface area contributed by atoms with Crippen molar-refractivity contribution in [3.63, 3.8) is 0 Å². The van der Waals surface area contributed by atoms with Gasteiger partial charge < -0.3 is 9.84 Å². The van der Waals surface area contributed by atoms with E-state index >= 15 is 0 Å². The molecule has 3 rings (SSSR count). The molecule has 1 N–H and O–H groups in total. The van der Waals surface area contributed by atoms with E-state index in [1.165, 1.54) is 25.7 Å². The summed E-state index contributed by atoms with van der Waals surface area (Å²) in [5.74, 6) is 1.70. The van der Waals surface area contributed by atoms with Gasteiger partial charge in [-0.15, -0.1) is 0 Å². The van der Waals surface area contributed by atoms with Gasteiger partial charge in [-0.05, 0) is 32.2 Å². The fourth-order valence-corrected chi connectivity index (χ4v) is 2.10. The lowest BCUT2D eigenvalue weighted by atomic mass is 10.0. The molecule has 82 valence electrons. The summed E-state index contributed by atoms with van der Waals surface area (Å²) in [6.07, 6.45) is 6.03. The molecule has 0 bridgehead atoms. The van der Waals surface area contributed by atoms with E-state index in [1.54, 1.807) is 0 Å². The van der Waals surface area contributed by atoms with Crippen molar-refractivity contribution in [2.45, 2.75) is 50.5 Å². The standard InChI is InChI=1S/C11H17N3O/c1-11(5-6-11)10-13-9(14-15-10)8-4-2-3-7-12-8/h8,12H,2-7H2,1H3. The van der Waals surface area contributed by atoms with Crippen molar-refractivity contribution in [1.82, 2.24) is 15.5 Å². The van der Waals surface area contributed by atoms with E-state index in [9.17, 15) is 0 Å². The molecule has 1 aromatic heterocycles. The largest absolute Gasteiger partial charge is 0.339 e. The van der Waals surface area contributed by atoms with E-state index in [1.807, 2.05) is 0 Å². The van der Waals surface area contributed by atoms with Crippen LogP contribution in [0, 0.1) is 0 Å². The number of nitrogens with zero attached hydrogens (tertiary/aromatic N) is 2. The molecule has 1 aliphatic carbocycles. The molecule has 4 nitrogen and oxygen atoms in total. The van der Waals surface area contributed by atoms with Crippen LogP contribution in [0.3, 0.4) is 0 Å². The van der Waals surface area contributed by atoms with Crippen molar-refractivity contribution in [2.24, 2.45) is 0 Å². The molecule has 0 aromatic carbocycles. The zero-order chi connectivity index (χ0) is 10.3. The number of hydrogen-bond acceptors (Lipinski definition) is 4. The van der Waals surface area contributed by atoms with Crippen LogP contribution in [0.15, 0.2) is 4.52 Å². The summed E-state index contributed by atoms with van der Waals surface area (Å²) in [5, 5.41) is 7.53. The van der Waals surface area contributed by atoms with E-state index in [-0.39, 0.29) is 5.41 Å². The van der Waals surface area contributed by atoms with Crippen molar-refractivity contribution in [3.8, 4) is 0 Å². The van der Waals surface area contributed by atoms with Crippen molar-refractivity contribution < 1.29 is 4.52 Å². The average molecular weight is 207 g/mol. The maximum absolute atomic E-state index is 5.34. The Labute approximate surface area is 89.4 Å². The lowest BCUT2D eigenvalue weighted by Gasteiger charge is -2.19. The first-order valence-electron chi connectivity index (χ1n) is 5.85. The first kappa shape index (κ1) is 9.33. The molecule has 1 atom stereocenters. The van der Waals surface area contributed by atoms with Gasteiger partial charge in [0, 0.05) is 5.41 Å². The molecular weight excluding hydrogens is 190 g/mol. The van der Waals surface area contributed by atoms with Crippen LogP contribution in [0.2, 0.25) is 0 Å². The molecule has 0 spiro atoms. The number of piperidine rings is 1. The van der Waals surface area contributed by atoms with Gasteiger partial charge in [-0.3, -0.25) is 0 Å². The molecule has 2 fully saturated rings. The van der Waals surface area contributed by atoms with Gasteiger partial charge in [-0.1, -0.05) is 18.5 Å². The van der Waals surface area contributed by atoms with Crippen molar-refractivity contribution in [3.05, 3.63) is 11.7 Å². The first-order chi connectivity index (χ1) is 7.28. The Kier molecular flexibility index (Phi) is 2.06. The smallest absolute Gasteiger partial charge is 0.232 e. The molecule has 2 heterocycles. The number of rotatable bonds is 2. The Balaban J connectivity index is 1.77. The highest BCUT2D eigenvalue weighted by Gasteiger charge is 2.44. The normalized spacial score (nSPS) is 29.0. The Morgan fingerprint density at radius 2 is 2.27 bits per heavy atom. The Hall–Kier alpha value is -0.900. The maximum Gasteiger partial charge on any atom is 0.232 e. The Bertz CT molecular complexity index is 350. The molecule has 15 heavy (non-hydrogen) atoms. The topological polar surface area (TPSA) is 51.0 Å². The Morgan fingerprint density at radius 1 is 1.40 bits per heavy atom. The quantitative estimate of drug-likeness (QED) is 0.805.